The predicted octanol–water partition coefficient (Wildman–Crippen LogP) is 4.90. The molecule has 4 heterocycles. The molecule has 0 spiro atoms. The van der Waals surface area contributed by atoms with Crippen LogP contribution in [-0.4, -0.2) is 43.0 Å². The zero-order valence-electron chi connectivity index (χ0n) is 24.4. The molecule has 42 heavy (non-hydrogen) atoms. The van der Waals surface area contributed by atoms with Gasteiger partial charge in [-0.15, -0.1) is 0 Å². The number of aromatic nitrogens is 4. The number of carbonyl (C=O) groups excluding carboxylic acids is 1. The first-order valence-corrected chi connectivity index (χ1v) is 14.6. The second-order valence-electron chi connectivity index (χ2n) is 11.4. The molecule has 2 aliphatic heterocycles. The van der Waals surface area contributed by atoms with Gasteiger partial charge in [0.2, 0.25) is 11.7 Å². The van der Waals surface area contributed by atoms with Crippen LogP contribution < -0.4 is 11.0 Å². The average Bonchev–Trinajstić information content (AvgIpc) is 3.56. The molecule has 0 bridgehead atoms. The Morgan fingerprint density at radius 1 is 1.07 bits per heavy atom. The van der Waals surface area contributed by atoms with Gasteiger partial charge in [-0.3, -0.25) is 14.2 Å². The quantitative estimate of drug-likeness (QED) is 0.341. The Morgan fingerprint density at radius 3 is 2.48 bits per heavy atom. The third-order valence-corrected chi connectivity index (χ3v) is 8.12. The van der Waals surface area contributed by atoms with Crippen molar-refractivity contribution >= 4 is 17.4 Å². The Bertz CT molecular complexity index is 1750. The SMILES string of the molecule is CCCc1c(Cc2ccc(-c3ccccc3)c(C3=NNC(=O)C3)c2F)c(=O)n(C2CC(C)OC(C)C2)c2nc(C)nn12. The van der Waals surface area contributed by atoms with Gasteiger partial charge in [0.25, 0.3) is 5.56 Å². The average molecular weight is 571 g/mol. The van der Waals surface area contributed by atoms with E-state index in [9.17, 15) is 9.59 Å². The van der Waals surface area contributed by atoms with E-state index in [4.69, 9.17) is 4.74 Å². The molecule has 2 aromatic carbocycles. The first-order valence-electron chi connectivity index (χ1n) is 14.6. The van der Waals surface area contributed by atoms with Crippen LogP contribution in [0.1, 0.15) is 80.7 Å². The summed E-state index contributed by atoms with van der Waals surface area (Å²) in [6.45, 7) is 7.90. The van der Waals surface area contributed by atoms with Gasteiger partial charge in [-0.2, -0.15) is 15.2 Å². The summed E-state index contributed by atoms with van der Waals surface area (Å²) in [7, 11) is 0. The van der Waals surface area contributed by atoms with Crippen molar-refractivity contribution in [2.45, 2.75) is 84.5 Å². The summed E-state index contributed by atoms with van der Waals surface area (Å²) in [5, 5.41) is 8.85. The number of carbonyl (C=O) groups is 1. The fourth-order valence-electron chi connectivity index (χ4n) is 6.40. The standard InChI is InChI=1S/C32H35FN6O3/c1-5-9-27-25(31(41)38(32-34-20(4)37-39(27)32)23-14-18(2)42-19(3)15-23)16-22-12-13-24(21-10-7-6-8-11-21)29(30(22)33)26-17-28(40)36-35-26/h6-8,10-13,18-19,23H,5,9,14-17H2,1-4H3,(H,36,40). The van der Waals surface area contributed by atoms with Crippen molar-refractivity contribution in [3.05, 3.63) is 86.8 Å². The molecule has 1 amide bonds. The molecule has 0 radical (unpaired) electrons. The number of fused-ring (bicyclic) bond motifs is 1. The molecule has 2 atom stereocenters. The molecule has 1 N–H and O–H groups in total. The highest BCUT2D eigenvalue weighted by atomic mass is 19.1. The summed E-state index contributed by atoms with van der Waals surface area (Å²) >= 11 is 0. The van der Waals surface area contributed by atoms with Crippen molar-refractivity contribution in [3.8, 4) is 11.1 Å². The Hall–Kier alpha value is -4.18. The topological polar surface area (TPSA) is 103 Å². The normalized spacial score (nSPS) is 20.6. The molecule has 0 saturated carbocycles. The zero-order valence-corrected chi connectivity index (χ0v) is 24.4. The molecular formula is C32H35FN6O3. The van der Waals surface area contributed by atoms with Gasteiger partial charge in [0.1, 0.15) is 11.6 Å². The molecular weight excluding hydrogens is 535 g/mol. The van der Waals surface area contributed by atoms with E-state index in [0.29, 0.717) is 53.3 Å². The van der Waals surface area contributed by atoms with Gasteiger partial charge in [0, 0.05) is 23.6 Å². The summed E-state index contributed by atoms with van der Waals surface area (Å²) < 4.78 is 26.1. The second kappa shape index (κ2) is 11.2. The number of hydrogen-bond donors (Lipinski definition) is 1. The lowest BCUT2D eigenvalue weighted by molar-refractivity contribution is -0.119. The number of nitrogens with one attached hydrogen (secondary N) is 1. The summed E-state index contributed by atoms with van der Waals surface area (Å²) in [6.07, 6.45) is 2.74. The number of nitrogens with zero attached hydrogens (tertiary/aromatic N) is 5. The lowest BCUT2D eigenvalue weighted by Gasteiger charge is -2.33. The minimum atomic E-state index is -0.483. The number of aryl methyl sites for hydroxylation is 2. The van der Waals surface area contributed by atoms with Gasteiger partial charge in [0.15, 0.2) is 0 Å². The molecule has 1 fully saturated rings. The summed E-state index contributed by atoms with van der Waals surface area (Å²) in [6, 6.07) is 12.9. The van der Waals surface area contributed by atoms with E-state index >= 15 is 4.39 Å². The van der Waals surface area contributed by atoms with Crippen molar-refractivity contribution in [2.24, 2.45) is 5.10 Å². The fraction of sp³-hybridized carbons (Fsp3) is 0.406. The number of amides is 1. The Labute approximate surface area is 243 Å². The zero-order chi connectivity index (χ0) is 29.5. The van der Waals surface area contributed by atoms with E-state index in [2.05, 4.69) is 20.6 Å². The van der Waals surface area contributed by atoms with E-state index < -0.39 is 5.82 Å². The minimum Gasteiger partial charge on any atom is -0.375 e. The van der Waals surface area contributed by atoms with Crippen LogP contribution in [0.3, 0.4) is 0 Å². The van der Waals surface area contributed by atoms with Crippen LogP contribution in [0.4, 0.5) is 4.39 Å². The Balaban J connectivity index is 1.54. The van der Waals surface area contributed by atoms with Gasteiger partial charge >= 0.3 is 0 Å². The molecule has 2 aliphatic rings. The monoisotopic (exact) mass is 570 g/mol. The highest BCUT2D eigenvalue weighted by molar-refractivity contribution is 6.16. The molecule has 10 heteroatoms. The molecule has 6 rings (SSSR count). The van der Waals surface area contributed by atoms with E-state index in [-0.39, 0.29) is 48.1 Å². The molecule has 2 aromatic heterocycles. The summed E-state index contributed by atoms with van der Waals surface area (Å²) in [5.41, 5.74) is 5.96. The molecule has 4 aromatic rings. The molecule has 1 saturated heterocycles. The molecule has 2 unspecified atom stereocenters. The van der Waals surface area contributed by atoms with Crippen molar-refractivity contribution in [1.29, 1.82) is 0 Å². The van der Waals surface area contributed by atoms with Crippen LogP contribution in [-0.2, 0) is 22.4 Å². The number of hydrogen-bond acceptors (Lipinski definition) is 6. The van der Waals surface area contributed by atoms with Gasteiger partial charge in [-0.1, -0.05) is 55.8 Å². The van der Waals surface area contributed by atoms with Crippen LogP contribution in [0.2, 0.25) is 0 Å². The maximum atomic E-state index is 16.6. The van der Waals surface area contributed by atoms with Crippen LogP contribution in [0.15, 0.2) is 52.4 Å². The van der Waals surface area contributed by atoms with Crippen LogP contribution >= 0.6 is 0 Å². The van der Waals surface area contributed by atoms with Crippen molar-refractivity contribution < 1.29 is 13.9 Å². The molecule has 9 nitrogen and oxygen atoms in total. The largest absolute Gasteiger partial charge is 0.375 e. The fourth-order valence-corrected chi connectivity index (χ4v) is 6.40. The number of rotatable bonds is 7. The van der Waals surface area contributed by atoms with E-state index in [1.165, 1.54) is 0 Å². The Morgan fingerprint density at radius 2 is 1.81 bits per heavy atom. The van der Waals surface area contributed by atoms with Crippen LogP contribution in [0.5, 0.6) is 0 Å². The highest BCUT2D eigenvalue weighted by Crippen LogP contribution is 2.33. The van der Waals surface area contributed by atoms with Gasteiger partial charge in [-0.05, 0) is 56.7 Å². The van der Waals surface area contributed by atoms with Gasteiger partial charge in [-0.25, -0.2) is 14.3 Å². The number of ether oxygens (including phenoxy) is 1. The van der Waals surface area contributed by atoms with E-state index in [1.54, 1.807) is 15.1 Å². The molecule has 0 aliphatic carbocycles. The minimum absolute atomic E-state index is 0.0115. The second-order valence-corrected chi connectivity index (χ2v) is 11.4. The predicted molar refractivity (Wildman–Crippen MR) is 158 cm³/mol. The summed E-state index contributed by atoms with van der Waals surface area (Å²) in [5.74, 6) is 0.321. The van der Waals surface area contributed by atoms with Crippen LogP contribution in [0.25, 0.3) is 16.9 Å². The van der Waals surface area contributed by atoms with Crippen LogP contribution in [0, 0.1) is 12.7 Å². The van der Waals surface area contributed by atoms with Crippen molar-refractivity contribution in [1.82, 2.24) is 24.6 Å². The van der Waals surface area contributed by atoms with E-state index in [0.717, 1.165) is 17.7 Å². The summed E-state index contributed by atoms with van der Waals surface area (Å²) in [4.78, 5) is 31.2. The first kappa shape index (κ1) is 28.0. The van der Waals surface area contributed by atoms with Crippen molar-refractivity contribution in [2.75, 3.05) is 0 Å². The Kier molecular flexibility index (Phi) is 7.49. The lowest BCUT2D eigenvalue weighted by atomic mass is 9.90. The van der Waals surface area contributed by atoms with Gasteiger partial charge in [0.05, 0.1) is 30.0 Å². The number of halogens is 1. The lowest BCUT2D eigenvalue weighted by Crippen LogP contribution is -2.38. The third kappa shape index (κ3) is 5.04. The third-order valence-electron chi connectivity index (χ3n) is 8.12. The maximum Gasteiger partial charge on any atom is 0.259 e. The van der Waals surface area contributed by atoms with E-state index in [1.807, 2.05) is 64.1 Å². The first-order chi connectivity index (χ1) is 20.2. The smallest absolute Gasteiger partial charge is 0.259 e. The van der Waals surface area contributed by atoms with Gasteiger partial charge < -0.3 is 4.74 Å². The highest BCUT2D eigenvalue weighted by Gasteiger charge is 2.31. The number of hydrazone groups is 1. The molecule has 218 valence electrons. The number of benzene rings is 2. The maximum absolute atomic E-state index is 16.6. The van der Waals surface area contributed by atoms with Crippen molar-refractivity contribution in [3.63, 3.8) is 0 Å².